The summed E-state index contributed by atoms with van der Waals surface area (Å²) < 4.78 is 0. The van der Waals surface area contributed by atoms with E-state index in [4.69, 9.17) is 12.2 Å². The molecule has 0 spiro atoms. The molecule has 2 saturated heterocycles. The number of para-hydroxylation sites is 1. The van der Waals surface area contributed by atoms with Gasteiger partial charge in [0.25, 0.3) is 11.8 Å². The summed E-state index contributed by atoms with van der Waals surface area (Å²) in [5.74, 6) is -0.861. The molecular formula is C19H22N4O2S. The van der Waals surface area contributed by atoms with E-state index in [1.165, 1.54) is 4.90 Å². The monoisotopic (exact) mass is 370 g/mol. The van der Waals surface area contributed by atoms with Crippen molar-refractivity contribution in [3.63, 3.8) is 0 Å². The number of thiocarbonyl (C=S) groups is 1. The van der Waals surface area contributed by atoms with Crippen LogP contribution in [0.2, 0.25) is 0 Å². The van der Waals surface area contributed by atoms with Gasteiger partial charge in [0, 0.05) is 38.4 Å². The highest BCUT2D eigenvalue weighted by Gasteiger charge is 2.32. The Hall–Kier alpha value is -2.51. The minimum absolute atomic E-state index is 0.0852. The van der Waals surface area contributed by atoms with Crippen LogP contribution in [0.4, 0.5) is 5.69 Å². The second-order valence-corrected chi connectivity index (χ2v) is 6.76. The fourth-order valence-corrected chi connectivity index (χ4v) is 3.34. The SMILES string of the molecule is C=CCN1C(=O)C(=Cc2ccccc2N2CCN(C)CC2)C(=O)NC1=S. The van der Waals surface area contributed by atoms with Crippen molar-refractivity contribution >= 4 is 40.9 Å². The molecular weight excluding hydrogens is 348 g/mol. The zero-order valence-electron chi connectivity index (χ0n) is 14.8. The summed E-state index contributed by atoms with van der Waals surface area (Å²) in [6.45, 7) is 7.66. The van der Waals surface area contributed by atoms with Gasteiger partial charge in [-0.2, -0.15) is 0 Å². The van der Waals surface area contributed by atoms with Crippen molar-refractivity contribution in [1.82, 2.24) is 15.1 Å². The molecule has 1 aromatic carbocycles. The molecule has 0 bridgehead atoms. The minimum Gasteiger partial charge on any atom is -0.368 e. The maximum absolute atomic E-state index is 12.7. The average molecular weight is 370 g/mol. The van der Waals surface area contributed by atoms with Crippen molar-refractivity contribution in [2.24, 2.45) is 0 Å². The van der Waals surface area contributed by atoms with Crippen molar-refractivity contribution in [2.45, 2.75) is 0 Å². The number of anilines is 1. The summed E-state index contributed by atoms with van der Waals surface area (Å²) in [4.78, 5) is 31.0. The predicted molar refractivity (Wildman–Crippen MR) is 107 cm³/mol. The number of benzene rings is 1. The van der Waals surface area contributed by atoms with Crippen molar-refractivity contribution in [3.8, 4) is 0 Å². The Balaban J connectivity index is 1.94. The van der Waals surface area contributed by atoms with Crippen LogP contribution in [0.1, 0.15) is 5.56 Å². The van der Waals surface area contributed by atoms with Gasteiger partial charge in [-0.3, -0.25) is 19.8 Å². The molecule has 0 atom stereocenters. The van der Waals surface area contributed by atoms with Crippen LogP contribution in [0.3, 0.4) is 0 Å². The number of nitrogens with zero attached hydrogens (tertiary/aromatic N) is 3. The molecule has 136 valence electrons. The maximum Gasteiger partial charge on any atom is 0.265 e. The normalized spacial score (nSPS) is 20.5. The molecule has 0 unspecified atom stereocenters. The number of rotatable bonds is 4. The summed E-state index contributed by atoms with van der Waals surface area (Å²) in [5.41, 5.74) is 1.96. The standard InChI is InChI=1S/C19H22N4O2S/c1-3-8-23-18(25)15(17(24)20-19(23)26)13-14-6-4-5-7-16(14)22-11-9-21(2)10-12-22/h3-7,13H,1,8-12H2,2H3,(H,20,24,26). The first-order valence-corrected chi connectivity index (χ1v) is 8.94. The molecule has 2 fully saturated rings. The van der Waals surface area contributed by atoms with Crippen LogP contribution in [-0.2, 0) is 9.59 Å². The number of carbonyl (C=O) groups is 2. The zero-order valence-corrected chi connectivity index (χ0v) is 15.6. The lowest BCUT2D eigenvalue weighted by atomic mass is 10.0. The largest absolute Gasteiger partial charge is 0.368 e. The Labute approximate surface area is 158 Å². The molecule has 0 aromatic heterocycles. The summed E-state index contributed by atoms with van der Waals surface area (Å²) >= 11 is 5.09. The van der Waals surface area contributed by atoms with Gasteiger partial charge in [0.05, 0.1) is 0 Å². The molecule has 2 heterocycles. The molecule has 6 nitrogen and oxygen atoms in total. The zero-order chi connectivity index (χ0) is 18.7. The van der Waals surface area contributed by atoms with Gasteiger partial charge in [-0.1, -0.05) is 24.3 Å². The number of hydrogen-bond donors (Lipinski definition) is 1. The maximum atomic E-state index is 12.7. The summed E-state index contributed by atoms with van der Waals surface area (Å²) in [5, 5.41) is 2.70. The molecule has 1 N–H and O–H groups in total. The topological polar surface area (TPSA) is 55.9 Å². The molecule has 0 radical (unpaired) electrons. The highest BCUT2D eigenvalue weighted by atomic mass is 32.1. The molecule has 0 saturated carbocycles. The van der Waals surface area contributed by atoms with E-state index in [2.05, 4.69) is 28.7 Å². The number of piperazine rings is 1. The van der Waals surface area contributed by atoms with Gasteiger partial charge in [-0.05, 0) is 37.0 Å². The molecule has 2 amide bonds. The smallest absolute Gasteiger partial charge is 0.265 e. The molecule has 2 aliphatic heterocycles. The van der Waals surface area contributed by atoms with Gasteiger partial charge in [0.15, 0.2) is 5.11 Å². The quantitative estimate of drug-likeness (QED) is 0.374. The number of likely N-dealkylation sites (N-methyl/N-ethyl adjacent to an activating group) is 1. The van der Waals surface area contributed by atoms with Gasteiger partial charge < -0.3 is 9.80 Å². The van der Waals surface area contributed by atoms with Gasteiger partial charge in [0.2, 0.25) is 0 Å². The molecule has 0 aliphatic carbocycles. The predicted octanol–water partition coefficient (Wildman–Crippen LogP) is 1.25. The Morgan fingerprint density at radius 2 is 1.88 bits per heavy atom. The number of hydrogen-bond acceptors (Lipinski definition) is 5. The molecule has 26 heavy (non-hydrogen) atoms. The van der Waals surface area contributed by atoms with Crippen LogP contribution in [0.5, 0.6) is 0 Å². The van der Waals surface area contributed by atoms with Gasteiger partial charge in [-0.25, -0.2) is 0 Å². The lowest BCUT2D eigenvalue weighted by molar-refractivity contribution is -0.128. The third-order valence-electron chi connectivity index (χ3n) is 4.58. The van der Waals surface area contributed by atoms with E-state index >= 15 is 0 Å². The molecule has 3 rings (SSSR count). The number of amides is 2. The number of nitrogens with one attached hydrogen (secondary N) is 1. The van der Waals surface area contributed by atoms with E-state index in [0.717, 1.165) is 37.4 Å². The Morgan fingerprint density at radius 3 is 2.58 bits per heavy atom. The Morgan fingerprint density at radius 1 is 1.19 bits per heavy atom. The lowest BCUT2D eigenvalue weighted by Crippen LogP contribution is -2.53. The molecule has 1 aromatic rings. The average Bonchev–Trinajstić information content (AvgIpc) is 2.63. The van der Waals surface area contributed by atoms with Crippen LogP contribution >= 0.6 is 12.2 Å². The summed E-state index contributed by atoms with van der Waals surface area (Å²) in [6, 6.07) is 7.82. The van der Waals surface area contributed by atoms with E-state index < -0.39 is 11.8 Å². The van der Waals surface area contributed by atoms with Crippen LogP contribution in [0.15, 0.2) is 42.5 Å². The third kappa shape index (κ3) is 3.68. The van der Waals surface area contributed by atoms with Gasteiger partial charge in [-0.15, -0.1) is 6.58 Å². The number of carbonyl (C=O) groups excluding carboxylic acids is 2. The van der Waals surface area contributed by atoms with Crippen molar-refractivity contribution in [1.29, 1.82) is 0 Å². The van der Waals surface area contributed by atoms with Gasteiger partial charge in [0.1, 0.15) is 5.57 Å². The van der Waals surface area contributed by atoms with E-state index in [1.807, 2.05) is 24.3 Å². The highest BCUT2D eigenvalue weighted by Crippen LogP contribution is 2.25. The third-order valence-corrected chi connectivity index (χ3v) is 4.90. The second-order valence-electron chi connectivity index (χ2n) is 6.37. The van der Waals surface area contributed by atoms with Gasteiger partial charge >= 0.3 is 0 Å². The van der Waals surface area contributed by atoms with E-state index in [0.29, 0.717) is 0 Å². The lowest BCUT2D eigenvalue weighted by Gasteiger charge is -2.35. The molecule has 7 heteroatoms. The molecule has 2 aliphatic rings. The summed E-state index contributed by atoms with van der Waals surface area (Å²) in [7, 11) is 2.10. The Kier molecular flexibility index (Phi) is 5.49. The van der Waals surface area contributed by atoms with E-state index in [-0.39, 0.29) is 17.2 Å². The van der Waals surface area contributed by atoms with Crippen LogP contribution in [0, 0.1) is 0 Å². The summed E-state index contributed by atoms with van der Waals surface area (Å²) in [6.07, 6.45) is 3.24. The highest BCUT2D eigenvalue weighted by molar-refractivity contribution is 7.80. The van der Waals surface area contributed by atoms with E-state index in [9.17, 15) is 9.59 Å². The second kappa shape index (κ2) is 7.80. The van der Waals surface area contributed by atoms with E-state index in [1.54, 1.807) is 12.2 Å². The first-order chi connectivity index (χ1) is 12.5. The first-order valence-electron chi connectivity index (χ1n) is 8.53. The minimum atomic E-state index is -0.464. The van der Waals surface area contributed by atoms with Crippen molar-refractivity contribution in [3.05, 3.63) is 48.1 Å². The van der Waals surface area contributed by atoms with Crippen LogP contribution < -0.4 is 10.2 Å². The van der Waals surface area contributed by atoms with Crippen LogP contribution in [-0.4, -0.2) is 66.5 Å². The fraction of sp³-hybridized carbons (Fsp3) is 0.316. The fourth-order valence-electron chi connectivity index (χ4n) is 3.09. The van der Waals surface area contributed by atoms with Crippen LogP contribution in [0.25, 0.3) is 6.08 Å². The Bertz CT molecular complexity index is 781. The van der Waals surface area contributed by atoms with Crippen molar-refractivity contribution in [2.75, 3.05) is 44.7 Å². The van der Waals surface area contributed by atoms with Crippen molar-refractivity contribution < 1.29 is 9.59 Å². The first kappa shape index (κ1) is 18.3.